The highest BCUT2D eigenvalue weighted by molar-refractivity contribution is 7.89. The molecule has 2 heteroatoms. The molecule has 0 aliphatic rings. The van der Waals surface area contributed by atoms with Gasteiger partial charge in [0.15, 0.2) is 0 Å². The van der Waals surface area contributed by atoms with Crippen molar-refractivity contribution in [3.63, 3.8) is 0 Å². The molecule has 1 nitrogen and oxygen atoms in total. The van der Waals surface area contributed by atoms with Crippen LogP contribution in [-0.4, -0.2) is 4.21 Å². The van der Waals surface area contributed by atoms with Gasteiger partial charge in [0.25, 0.3) is 0 Å². The van der Waals surface area contributed by atoms with Crippen LogP contribution in [0.25, 0.3) is 0 Å². The van der Waals surface area contributed by atoms with Gasteiger partial charge in [-0.1, -0.05) is 45.4 Å². The molecule has 0 bridgehead atoms. The lowest BCUT2D eigenvalue weighted by Crippen LogP contribution is -1.95. The zero-order chi connectivity index (χ0) is 13.4. The highest BCUT2D eigenvalue weighted by atomic mass is 32.2. The molecular formula is C16H22OS. The van der Waals surface area contributed by atoms with Gasteiger partial charge in [0.1, 0.15) is 0 Å². The van der Waals surface area contributed by atoms with Gasteiger partial charge in [-0.15, -0.1) is 5.73 Å². The van der Waals surface area contributed by atoms with Gasteiger partial charge in [-0.25, -0.2) is 4.21 Å². The molecule has 0 aromatic heterocycles. The predicted molar refractivity (Wildman–Crippen MR) is 78.8 cm³/mol. The number of benzene rings is 1. The van der Waals surface area contributed by atoms with Crippen LogP contribution in [0.2, 0.25) is 0 Å². The molecule has 0 spiro atoms. The second-order valence-corrected chi connectivity index (χ2v) is 6.17. The summed E-state index contributed by atoms with van der Waals surface area (Å²) in [5, 5.41) is 0. The van der Waals surface area contributed by atoms with Crippen molar-refractivity contribution >= 4 is 10.8 Å². The van der Waals surface area contributed by atoms with Gasteiger partial charge in [0.2, 0.25) is 0 Å². The van der Waals surface area contributed by atoms with Crippen molar-refractivity contribution in [2.24, 2.45) is 5.92 Å². The van der Waals surface area contributed by atoms with Crippen molar-refractivity contribution in [2.75, 3.05) is 0 Å². The molecule has 0 radical (unpaired) electrons. The normalized spacial score (nSPS) is 12.0. The van der Waals surface area contributed by atoms with Gasteiger partial charge >= 0.3 is 0 Å². The summed E-state index contributed by atoms with van der Waals surface area (Å²) in [6, 6.07) is 9.63. The van der Waals surface area contributed by atoms with Crippen LogP contribution in [0, 0.1) is 5.92 Å². The molecule has 0 aliphatic heterocycles. The zero-order valence-corrected chi connectivity index (χ0v) is 12.3. The SMILES string of the molecule is CCCCC(=C=CC(C)C)S(=O)c1ccccc1. The van der Waals surface area contributed by atoms with Crippen molar-refractivity contribution in [3.8, 4) is 0 Å². The van der Waals surface area contributed by atoms with Gasteiger partial charge in [0, 0.05) is 4.90 Å². The largest absolute Gasteiger partial charge is 0.249 e. The second kappa shape index (κ2) is 8.07. The highest BCUT2D eigenvalue weighted by Crippen LogP contribution is 2.18. The topological polar surface area (TPSA) is 17.1 Å². The molecule has 1 rings (SSSR count). The number of allylic oxidation sites excluding steroid dienone is 1. The van der Waals surface area contributed by atoms with Crippen molar-refractivity contribution in [1.29, 1.82) is 0 Å². The summed E-state index contributed by atoms with van der Waals surface area (Å²) in [7, 11) is -1.06. The summed E-state index contributed by atoms with van der Waals surface area (Å²) in [4.78, 5) is 1.78. The minimum absolute atomic E-state index is 0.439. The van der Waals surface area contributed by atoms with E-state index in [0.29, 0.717) is 5.92 Å². The summed E-state index contributed by atoms with van der Waals surface area (Å²) < 4.78 is 12.5. The molecule has 0 fully saturated rings. The molecule has 0 aliphatic carbocycles. The summed E-state index contributed by atoms with van der Waals surface area (Å²) in [6.45, 7) is 6.36. The van der Waals surface area contributed by atoms with E-state index in [2.05, 4.69) is 26.5 Å². The number of hydrogen-bond acceptors (Lipinski definition) is 1. The maximum absolute atomic E-state index is 12.5. The number of hydrogen-bond donors (Lipinski definition) is 0. The van der Waals surface area contributed by atoms with E-state index in [0.717, 1.165) is 29.1 Å². The molecule has 1 atom stereocenters. The Balaban J connectivity index is 2.97. The van der Waals surface area contributed by atoms with Gasteiger partial charge in [0.05, 0.1) is 15.7 Å². The average molecular weight is 262 g/mol. The van der Waals surface area contributed by atoms with E-state index in [1.165, 1.54) is 0 Å². The average Bonchev–Trinajstić information content (AvgIpc) is 2.39. The van der Waals surface area contributed by atoms with Gasteiger partial charge in [-0.05, 0) is 37.0 Å². The zero-order valence-electron chi connectivity index (χ0n) is 11.5. The van der Waals surface area contributed by atoms with Crippen LogP contribution >= 0.6 is 0 Å². The van der Waals surface area contributed by atoms with E-state index in [1.54, 1.807) is 0 Å². The summed E-state index contributed by atoms with van der Waals surface area (Å²) in [6.07, 6.45) is 5.04. The van der Waals surface area contributed by atoms with Gasteiger partial charge < -0.3 is 0 Å². The van der Waals surface area contributed by atoms with Crippen LogP contribution in [-0.2, 0) is 10.8 Å². The standard InChI is InChI=1S/C16H22OS/c1-4-5-9-16(13-12-14(2)3)18(17)15-10-7-6-8-11-15/h6-8,10-12,14H,4-5,9H2,1-3H3. The first kappa shape index (κ1) is 14.9. The quantitative estimate of drug-likeness (QED) is 0.680. The first-order valence-electron chi connectivity index (χ1n) is 6.57. The van der Waals surface area contributed by atoms with Crippen molar-refractivity contribution in [3.05, 3.63) is 47.0 Å². The fraction of sp³-hybridized carbons (Fsp3) is 0.438. The van der Waals surface area contributed by atoms with Crippen LogP contribution in [0.5, 0.6) is 0 Å². The Morgan fingerprint density at radius 3 is 2.56 bits per heavy atom. The van der Waals surface area contributed by atoms with E-state index in [-0.39, 0.29) is 0 Å². The van der Waals surface area contributed by atoms with E-state index < -0.39 is 10.8 Å². The van der Waals surface area contributed by atoms with Gasteiger partial charge in [-0.3, -0.25) is 0 Å². The first-order valence-corrected chi connectivity index (χ1v) is 7.72. The van der Waals surface area contributed by atoms with Gasteiger partial charge in [-0.2, -0.15) is 0 Å². The third kappa shape index (κ3) is 5.03. The molecule has 98 valence electrons. The molecule has 0 saturated heterocycles. The molecule has 0 N–H and O–H groups in total. The Morgan fingerprint density at radius 1 is 1.33 bits per heavy atom. The molecule has 0 heterocycles. The lowest BCUT2D eigenvalue weighted by atomic mass is 10.2. The Hall–Kier alpha value is -1.11. The Labute approximate surface area is 113 Å². The molecule has 1 aromatic rings. The Morgan fingerprint density at radius 2 is 2.00 bits per heavy atom. The maximum Gasteiger partial charge on any atom is 0.0886 e. The molecule has 18 heavy (non-hydrogen) atoms. The van der Waals surface area contributed by atoms with E-state index in [4.69, 9.17) is 0 Å². The molecular weight excluding hydrogens is 240 g/mol. The molecule has 1 aromatic carbocycles. The third-order valence-corrected chi connectivity index (χ3v) is 3.99. The van der Waals surface area contributed by atoms with Crippen LogP contribution in [0.1, 0.15) is 40.0 Å². The van der Waals surface area contributed by atoms with Crippen LogP contribution in [0.3, 0.4) is 0 Å². The smallest absolute Gasteiger partial charge is 0.0886 e. The van der Waals surface area contributed by atoms with E-state index >= 15 is 0 Å². The Kier molecular flexibility index (Phi) is 6.70. The lowest BCUT2D eigenvalue weighted by Gasteiger charge is -2.04. The first-order chi connectivity index (χ1) is 8.65. The van der Waals surface area contributed by atoms with Crippen molar-refractivity contribution in [1.82, 2.24) is 0 Å². The highest BCUT2D eigenvalue weighted by Gasteiger charge is 2.08. The van der Waals surface area contributed by atoms with E-state index in [9.17, 15) is 4.21 Å². The Bertz CT molecular complexity index is 439. The predicted octanol–water partition coefficient (Wildman–Crippen LogP) is 4.68. The van der Waals surface area contributed by atoms with Crippen LogP contribution < -0.4 is 0 Å². The third-order valence-electron chi connectivity index (χ3n) is 2.52. The molecule has 0 saturated carbocycles. The maximum atomic E-state index is 12.5. The fourth-order valence-electron chi connectivity index (χ4n) is 1.50. The number of unbranched alkanes of at least 4 members (excludes halogenated alkanes) is 1. The van der Waals surface area contributed by atoms with Crippen LogP contribution in [0.15, 0.2) is 51.9 Å². The van der Waals surface area contributed by atoms with Crippen LogP contribution in [0.4, 0.5) is 0 Å². The molecule has 0 amide bonds. The monoisotopic (exact) mass is 262 g/mol. The summed E-state index contributed by atoms with van der Waals surface area (Å²) in [5.41, 5.74) is 3.24. The van der Waals surface area contributed by atoms with E-state index in [1.807, 2.05) is 36.4 Å². The van der Waals surface area contributed by atoms with Crippen molar-refractivity contribution in [2.45, 2.75) is 44.9 Å². The fourth-order valence-corrected chi connectivity index (χ4v) is 2.70. The number of rotatable bonds is 6. The lowest BCUT2D eigenvalue weighted by molar-refractivity contribution is 0.683. The second-order valence-electron chi connectivity index (χ2n) is 4.66. The minimum Gasteiger partial charge on any atom is -0.249 e. The minimum atomic E-state index is -1.06. The summed E-state index contributed by atoms with van der Waals surface area (Å²) in [5.74, 6) is 0.439. The van der Waals surface area contributed by atoms with Crippen molar-refractivity contribution < 1.29 is 4.21 Å². The summed E-state index contributed by atoms with van der Waals surface area (Å²) >= 11 is 0. The molecule has 1 unspecified atom stereocenters.